The average molecular weight is 193 g/mol. The molecule has 1 aliphatic heterocycles. The number of ether oxygens (including phenoxy) is 1. The first kappa shape index (κ1) is 9.62. The van der Waals surface area contributed by atoms with E-state index in [1.807, 2.05) is 13.0 Å². The first-order chi connectivity index (χ1) is 6.72. The summed E-state index contributed by atoms with van der Waals surface area (Å²) in [6, 6.07) is 1.93. The van der Waals surface area contributed by atoms with Crippen LogP contribution in [0.4, 0.5) is 0 Å². The summed E-state index contributed by atoms with van der Waals surface area (Å²) in [6.45, 7) is 3.26. The van der Waals surface area contributed by atoms with Crippen molar-refractivity contribution in [2.75, 3.05) is 13.2 Å². The van der Waals surface area contributed by atoms with Gasteiger partial charge in [-0.25, -0.2) is 0 Å². The minimum absolute atomic E-state index is 0.630. The highest BCUT2D eigenvalue weighted by atomic mass is 16.5. The van der Waals surface area contributed by atoms with Crippen molar-refractivity contribution in [3.05, 3.63) is 29.6 Å². The summed E-state index contributed by atoms with van der Waals surface area (Å²) in [4.78, 5) is 4.07. The maximum absolute atomic E-state index is 10.4. The summed E-state index contributed by atoms with van der Waals surface area (Å²) >= 11 is 0. The highest BCUT2D eigenvalue weighted by Crippen LogP contribution is 2.32. The van der Waals surface area contributed by atoms with Crippen LogP contribution in [0.15, 0.2) is 18.5 Å². The van der Waals surface area contributed by atoms with Crippen LogP contribution in [-0.2, 0) is 10.3 Å². The Morgan fingerprint density at radius 2 is 2.14 bits per heavy atom. The SMILES string of the molecule is Cc1ccncc1C1(O)CCOCC1. The van der Waals surface area contributed by atoms with E-state index >= 15 is 0 Å². The van der Waals surface area contributed by atoms with Crippen LogP contribution in [0.2, 0.25) is 0 Å². The lowest BCUT2D eigenvalue weighted by molar-refractivity contribution is -0.0684. The average Bonchev–Trinajstić information content (AvgIpc) is 2.19. The highest BCUT2D eigenvalue weighted by molar-refractivity contribution is 5.28. The summed E-state index contributed by atoms with van der Waals surface area (Å²) in [5.74, 6) is 0. The molecule has 0 bridgehead atoms. The Morgan fingerprint density at radius 1 is 1.43 bits per heavy atom. The zero-order valence-electron chi connectivity index (χ0n) is 8.36. The lowest BCUT2D eigenvalue weighted by Gasteiger charge is -2.33. The predicted molar refractivity (Wildman–Crippen MR) is 52.9 cm³/mol. The molecule has 1 N–H and O–H groups in total. The van der Waals surface area contributed by atoms with Gasteiger partial charge in [0.05, 0.1) is 5.60 Å². The van der Waals surface area contributed by atoms with Crippen molar-refractivity contribution < 1.29 is 9.84 Å². The van der Waals surface area contributed by atoms with Crippen molar-refractivity contribution in [2.45, 2.75) is 25.4 Å². The smallest absolute Gasteiger partial charge is 0.0957 e. The minimum atomic E-state index is -0.726. The van der Waals surface area contributed by atoms with Crippen LogP contribution in [0.5, 0.6) is 0 Å². The molecule has 0 unspecified atom stereocenters. The van der Waals surface area contributed by atoms with Gasteiger partial charge >= 0.3 is 0 Å². The highest BCUT2D eigenvalue weighted by Gasteiger charge is 2.32. The molecule has 1 aromatic rings. The van der Waals surface area contributed by atoms with Crippen molar-refractivity contribution in [3.8, 4) is 0 Å². The third-order valence-corrected chi connectivity index (χ3v) is 2.86. The maximum Gasteiger partial charge on any atom is 0.0957 e. The van der Waals surface area contributed by atoms with Crippen molar-refractivity contribution in [1.82, 2.24) is 4.98 Å². The van der Waals surface area contributed by atoms with Gasteiger partial charge in [-0.15, -0.1) is 0 Å². The standard InChI is InChI=1S/C11H15NO2/c1-9-2-5-12-8-10(9)11(13)3-6-14-7-4-11/h2,5,8,13H,3-4,6-7H2,1H3. The summed E-state index contributed by atoms with van der Waals surface area (Å²) in [6.07, 6.45) is 4.85. The molecule has 0 radical (unpaired) electrons. The molecular weight excluding hydrogens is 178 g/mol. The molecule has 0 atom stereocenters. The van der Waals surface area contributed by atoms with Crippen molar-refractivity contribution in [2.24, 2.45) is 0 Å². The normalized spacial score (nSPS) is 20.7. The van der Waals surface area contributed by atoms with Crippen LogP contribution in [-0.4, -0.2) is 23.3 Å². The van der Waals surface area contributed by atoms with Crippen LogP contribution >= 0.6 is 0 Å². The van der Waals surface area contributed by atoms with E-state index in [0.717, 1.165) is 11.1 Å². The number of aliphatic hydroxyl groups is 1. The Kier molecular flexibility index (Phi) is 2.52. The molecule has 0 amide bonds. The maximum atomic E-state index is 10.4. The number of rotatable bonds is 1. The fourth-order valence-electron chi connectivity index (χ4n) is 1.93. The van der Waals surface area contributed by atoms with Gasteiger partial charge in [-0.3, -0.25) is 4.98 Å². The van der Waals surface area contributed by atoms with E-state index in [-0.39, 0.29) is 0 Å². The largest absolute Gasteiger partial charge is 0.385 e. The number of hydrogen-bond donors (Lipinski definition) is 1. The van der Waals surface area contributed by atoms with Crippen molar-refractivity contribution in [1.29, 1.82) is 0 Å². The second kappa shape index (κ2) is 3.67. The number of aromatic nitrogens is 1. The number of hydrogen-bond acceptors (Lipinski definition) is 3. The molecule has 3 heteroatoms. The molecule has 2 rings (SSSR count). The second-order valence-electron chi connectivity index (χ2n) is 3.83. The lowest BCUT2D eigenvalue weighted by atomic mass is 9.85. The molecule has 0 saturated carbocycles. The van der Waals surface area contributed by atoms with Gasteiger partial charge in [0.15, 0.2) is 0 Å². The van der Waals surface area contributed by atoms with Gasteiger partial charge in [-0.05, 0) is 18.6 Å². The zero-order chi connectivity index (χ0) is 10.0. The third kappa shape index (κ3) is 1.65. The summed E-state index contributed by atoms with van der Waals surface area (Å²) in [5.41, 5.74) is 1.32. The van der Waals surface area contributed by atoms with E-state index in [1.54, 1.807) is 12.4 Å². The van der Waals surface area contributed by atoms with Crippen molar-refractivity contribution in [3.63, 3.8) is 0 Å². The van der Waals surface area contributed by atoms with E-state index in [4.69, 9.17) is 4.74 Å². The molecule has 1 aromatic heterocycles. The molecule has 1 aliphatic rings. The number of aryl methyl sites for hydroxylation is 1. The number of nitrogens with zero attached hydrogens (tertiary/aromatic N) is 1. The Morgan fingerprint density at radius 3 is 2.79 bits per heavy atom. The van der Waals surface area contributed by atoms with Crippen LogP contribution in [0.3, 0.4) is 0 Å². The Balaban J connectivity index is 2.32. The van der Waals surface area contributed by atoms with Crippen LogP contribution in [0, 0.1) is 6.92 Å². The summed E-state index contributed by atoms with van der Waals surface area (Å²) < 4.78 is 5.25. The molecule has 14 heavy (non-hydrogen) atoms. The van der Waals surface area contributed by atoms with Crippen LogP contribution < -0.4 is 0 Å². The quantitative estimate of drug-likeness (QED) is 0.732. The Hall–Kier alpha value is -0.930. The third-order valence-electron chi connectivity index (χ3n) is 2.86. The molecule has 0 aliphatic carbocycles. The zero-order valence-corrected chi connectivity index (χ0v) is 8.36. The summed E-state index contributed by atoms with van der Waals surface area (Å²) in [7, 11) is 0. The van der Waals surface area contributed by atoms with E-state index in [0.29, 0.717) is 26.1 Å². The van der Waals surface area contributed by atoms with Gasteiger partial charge < -0.3 is 9.84 Å². The van der Waals surface area contributed by atoms with Crippen LogP contribution in [0.25, 0.3) is 0 Å². The molecule has 3 nitrogen and oxygen atoms in total. The van der Waals surface area contributed by atoms with Crippen LogP contribution in [0.1, 0.15) is 24.0 Å². The van der Waals surface area contributed by atoms with E-state index in [2.05, 4.69) is 4.98 Å². The second-order valence-corrected chi connectivity index (χ2v) is 3.83. The van der Waals surface area contributed by atoms with Crippen molar-refractivity contribution >= 4 is 0 Å². The predicted octanol–water partition coefficient (Wildman–Crippen LogP) is 1.39. The van der Waals surface area contributed by atoms with Gasteiger partial charge in [0.1, 0.15) is 0 Å². The molecule has 0 aromatic carbocycles. The number of pyridine rings is 1. The van der Waals surface area contributed by atoms with Gasteiger partial charge in [-0.1, -0.05) is 0 Å². The first-order valence-electron chi connectivity index (χ1n) is 4.94. The topological polar surface area (TPSA) is 42.4 Å². The molecule has 1 saturated heterocycles. The monoisotopic (exact) mass is 193 g/mol. The fourth-order valence-corrected chi connectivity index (χ4v) is 1.93. The Bertz CT molecular complexity index is 319. The van der Waals surface area contributed by atoms with E-state index in [9.17, 15) is 5.11 Å². The van der Waals surface area contributed by atoms with Gasteiger partial charge in [0.25, 0.3) is 0 Å². The molecule has 76 valence electrons. The van der Waals surface area contributed by atoms with Gasteiger partial charge in [0, 0.05) is 44.0 Å². The van der Waals surface area contributed by atoms with Gasteiger partial charge in [-0.2, -0.15) is 0 Å². The molecular formula is C11H15NO2. The Labute approximate surface area is 83.7 Å². The molecule has 1 fully saturated rings. The molecule has 2 heterocycles. The molecule has 0 spiro atoms. The van der Waals surface area contributed by atoms with E-state index in [1.165, 1.54) is 0 Å². The minimum Gasteiger partial charge on any atom is -0.385 e. The fraction of sp³-hybridized carbons (Fsp3) is 0.545. The summed E-state index contributed by atoms with van der Waals surface area (Å²) in [5, 5.41) is 10.4. The lowest BCUT2D eigenvalue weighted by Crippen LogP contribution is -2.34. The van der Waals surface area contributed by atoms with Gasteiger partial charge in [0.2, 0.25) is 0 Å². The van der Waals surface area contributed by atoms with E-state index < -0.39 is 5.60 Å². The first-order valence-corrected chi connectivity index (χ1v) is 4.94.